The predicted octanol–water partition coefficient (Wildman–Crippen LogP) is 1.61. The van der Waals surface area contributed by atoms with E-state index < -0.39 is 9.84 Å². The summed E-state index contributed by atoms with van der Waals surface area (Å²) < 4.78 is 22.3. The molecular weight excluding hydrogens is 160 g/mol. The maximum Gasteiger partial charge on any atom is 0.150 e. The summed E-state index contributed by atoms with van der Waals surface area (Å²) in [5.74, 6) is 0.600. The van der Waals surface area contributed by atoms with Crippen molar-refractivity contribution in [2.45, 2.75) is 37.9 Å². The van der Waals surface area contributed by atoms with E-state index in [0.717, 1.165) is 19.3 Å². The lowest BCUT2D eigenvalue weighted by atomic mass is 9.91. The van der Waals surface area contributed by atoms with Crippen LogP contribution in [0.2, 0.25) is 0 Å². The highest BCUT2D eigenvalue weighted by Crippen LogP contribution is 2.27. The lowest BCUT2D eigenvalue weighted by Gasteiger charge is -2.24. The molecule has 0 N–H and O–H groups in total. The van der Waals surface area contributed by atoms with Crippen LogP contribution in [-0.4, -0.2) is 19.9 Å². The van der Waals surface area contributed by atoms with Crippen molar-refractivity contribution >= 4 is 9.84 Å². The van der Waals surface area contributed by atoms with E-state index in [4.69, 9.17) is 0 Å². The molecule has 0 aromatic rings. The molecule has 0 aromatic carbocycles. The van der Waals surface area contributed by atoms with Gasteiger partial charge in [0.1, 0.15) is 9.84 Å². The van der Waals surface area contributed by atoms with Gasteiger partial charge in [-0.2, -0.15) is 0 Å². The summed E-state index contributed by atoms with van der Waals surface area (Å²) in [7, 11) is -2.76. The SMILES string of the molecule is C[C@@H]1CCC[C@H](S(C)(=O)=O)C1. The van der Waals surface area contributed by atoms with Crippen LogP contribution in [-0.2, 0) is 9.84 Å². The van der Waals surface area contributed by atoms with Gasteiger partial charge in [0, 0.05) is 6.26 Å². The van der Waals surface area contributed by atoms with Crippen LogP contribution in [0, 0.1) is 5.92 Å². The van der Waals surface area contributed by atoms with Gasteiger partial charge in [-0.05, 0) is 18.8 Å². The Balaban J connectivity index is 2.60. The third-order valence-corrected chi connectivity index (χ3v) is 4.13. The second kappa shape index (κ2) is 3.13. The van der Waals surface area contributed by atoms with E-state index in [-0.39, 0.29) is 5.25 Å². The van der Waals surface area contributed by atoms with Gasteiger partial charge in [0.2, 0.25) is 0 Å². The van der Waals surface area contributed by atoms with E-state index in [0.29, 0.717) is 5.92 Å². The topological polar surface area (TPSA) is 34.1 Å². The van der Waals surface area contributed by atoms with Gasteiger partial charge >= 0.3 is 0 Å². The Morgan fingerprint density at radius 2 is 1.91 bits per heavy atom. The summed E-state index contributed by atoms with van der Waals surface area (Å²) in [4.78, 5) is 0. The monoisotopic (exact) mass is 176 g/mol. The first-order valence-corrected chi connectivity index (χ1v) is 6.14. The highest BCUT2D eigenvalue weighted by Gasteiger charge is 2.26. The summed E-state index contributed by atoms with van der Waals surface area (Å²) >= 11 is 0. The zero-order valence-corrected chi connectivity index (χ0v) is 8.02. The highest BCUT2D eigenvalue weighted by atomic mass is 32.2. The van der Waals surface area contributed by atoms with Crippen LogP contribution in [0.15, 0.2) is 0 Å². The van der Waals surface area contributed by atoms with Gasteiger partial charge in [0.15, 0.2) is 0 Å². The zero-order chi connectivity index (χ0) is 8.48. The number of hydrogen-bond acceptors (Lipinski definition) is 2. The molecule has 11 heavy (non-hydrogen) atoms. The molecular formula is C8H16O2S. The van der Waals surface area contributed by atoms with Gasteiger partial charge in [-0.1, -0.05) is 19.8 Å². The largest absolute Gasteiger partial charge is 0.229 e. The second-order valence-electron chi connectivity index (χ2n) is 3.72. The van der Waals surface area contributed by atoms with Crippen molar-refractivity contribution in [3.8, 4) is 0 Å². The van der Waals surface area contributed by atoms with Crippen molar-refractivity contribution in [2.24, 2.45) is 5.92 Å². The summed E-state index contributed by atoms with van der Waals surface area (Å²) in [5, 5.41) is -0.0498. The molecule has 0 aromatic heterocycles. The molecule has 0 radical (unpaired) electrons. The first-order valence-electron chi connectivity index (χ1n) is 4.19. The number of rotatable bonds is 1. The molecule has 0 saturated heterocycles. The average molecular weight is 176 g/mol. The summed E-state index contributed by atoms with van der Waals surface area (Å²) in [5.41, 5.74) is 0. The molecule has 0 unspecified atom stereocenters. The van der Waals surface area contributed by atoms with Crippen LogP contribution in [0.25, 0.3) is 0 Å². The molecule has 0 bridgehead atoms. The van der Waals surface area contributed by atoms with E-state index in [9.17, 15) is 8.42 Å². The minimum Gasteiger partial charge on any atom is -0.229 e. The standard InChI is InChI=1S/C8H16O2S/c1-7-4-3-5-8(6-7)11(2,9)10/h7-8H,3-6H2,1-2H3/t7-,8+/m1/s1. The van der Waals surface area contributed by atoms with Crippen LogP contribution in [0.5, 0.6) is 0 Å². The third-order valence-electron chi connectivity index (χ3n) is 2.49. The molecule has 1 aliphatic carbocycles. The van der Waals surface area contributed by atoms with Crippen molar-refractivity contribution < 1.29 is 8.42 Å². The third kappa shape index (κ3) is 2.47. The Morgan fingerprint density at radius 3 is 2.27 bits per heavy atom. The molecule has 0 aliphatic heterocycles. The van der Waals surface area contributed by atoms with Gasteiger partial charge in [0.05, 0.1) is 5.25 Å². The lowest BCUT2D eigenvalue weighted by Crippen LogP contribution is -2.26. The molecule has 2 atom stereocenters. The molecule has 0 spiro atoms. The Morgan fingerprint density at radius 1 is 1.27 bits per heavy atom. The first-order chi connectivity index (χ1) is 5.00. The van der Waals surface area contributed by atoms with E-state index in [1.807, 2.05) is 0 Å². The first kappa shape index (κ1) is 9.04. The molecule has 0 amide bonds. The maximum atomic E-state index is 11.1. The van der Waals surface area contributed by atoms with Gasteiger partial charge in [0.25, 0.3) is 0 Å². The van der Waals surface area contributed by atoms with Gasteiger partial charge in [-0.25, -0.2) is 8.42 Å². The Hall–Kier alpha value is -0.0500. The molecule has 66 valence electrons. The lowest BCUT2D eigenvalue weighted by molar-refractivity contribution is 0.383. The van der Waals surface area contributed by atoms with Crippen molar-refractivity contribution in [3.63, 3.8) is 0 Å². The van der Waals surface area contributed by atoms with E-state index in [2.05, 4.69) is 6.92 Å². The molecule has 3 heteroatoms. The molecule has 1 rings (SSSR count). The minimum absolute atomic E-state index is 0.0498. The van der Waals surface area contributed by atoms with E-state index in [1.54, 1.807) is 0 Å². The van der Waals surface area contributed by atoms with Crippen molar-refractivity contribution in [1.82, 2.24) is 0 Å². The van der Waals surface area contributed by atoms with Crippen molar-refractivity contribution in [1.29, 1.82) is 0 Å². The molecule has 1 aliphatic rings. The van der Waals surface area contributed by atoms with Gasteiger partial charge in [-0.3, -0.25) is 0 Å². The van der Waals surface area contributed by atoms with E-state index >= 15 is 0 Å². The fourth-order valence-electron chi connectivity index (χ4n) is 1.77. The van der Waals surface area contributed by atoms with Crippen LogP contribution in [0.4, 0.5) is 0 Å². The highest BCUT2D eigenvalue weighted by molar-refractivity contribution is 7.91. The van der Waals surface area contributed by atoms with Crippen LogP contribution < -0.4 is 0 Å². The van der Waals surface area contributed by atoms with E-state index in [1.165, 1.54) is 12.7 Å². The van der Waals surface area contributed by atoms with Gasteiger partial charge < -0.3 is 0 Å². The normalized spacial score (nSPS) is 33.6. The molecule has 2 nitrogen and oxygen atoms in total. The quantitative estimate of drug-likeness (QED) is 0.608. The van der Waals surface area contributed by atoms with Crippen LogP contribution >= 0.6 is 0 Å². The van der Waals surface area contributed by atoms with Crippen LogP contribution in [0.1, 0.15) is 32.6 Å². The molecule has 0 heterocycles. The predicted molar refractivity (Wildman–Crippen MR) is 46.3 cm³/mol. The molecule has 1 fully saturated rings. The summed E-state index contributed by atoms with van der Waals surface area (Å²) in [6, 6.07) is 0. The van der Waals surface area contributed by atoms with Crippen LogP contribution in [0.3, 0.4) is 0 Å². The number of sulfone groups is 1. The smallest absolute Gasteiger partial charge is 0.150 e. The fourth-order valence-corrected chi connectivity index (χ4v) is 3.04. The summed E-state index contributed by atoms with van der Waals surface area (Å²) in [6.45, 7) is 2.14. The van der Waals surface area contributed by atoms with Crippen molar-refractivity contribution in [2.75, 3.05) is 6.26 Å². The fraction of sp³-hybridized carbons (Fsp3) is 1.00. The average Bonchev–Trinajstić information content (AvgIpc) is 1.86. The minimum atomic E-state index is -2.76. The zero-order valence-electron chi connectivity index (χ0n) is 7.21. The Bertz CT molecular complexity index is 218. The Kier molecular flexibility index (Phi) is 2.58. The van der Waals surface area contributed by atoms with Crippen molar-refractivity contribution in [3.05, 3.63) is 0 Å². The second-order valence-corrected chi connectivity index (χ2v) is 6.05. The van der Waals surface area contributed by atoms with Gasteiger partial charge in [-0.15, -0.1) is 0 Å². The number of hydrogen-bond donors (Lipinski definition) is 0. The summed E-state index contributed by atoms with van der Waals surface area (Å²) in [6.07, 6.45) is 5.39. The molecule has 1 saturated carbocycles. The maximum absolute atomic E-state index is 11.1. The Labute approximate surface area is 68.9 Å².